The maximum absolute atomic E-state index is 5.06. The highest BCUT2D eigenvalue weighted by Gasteiger charge is 1.94. The fraction of sp³-hybridized carbons (Fsp3) is 1.00. The minimum Gasteiger partial charge on any atom is -1.00 e. The molecule has 0 aromatic carbocycles. The molecule has 0 aliphatic heterocycles. The quantitative estimate of drug-likeness (QED) is 0.454. The maximum atomic E-state index is 5.06. The second-order valence-corrected chi connectivity index (χ2v) is 1.48. The van der Waals surface area contributed by atoms with E-state index >= 15 is 0 Å². The van der Waals surface area contributed by atoms with Crippen molar-refractivity contribution < 1.29 is 21.9 Å². The van der Waals surface area contributed by atoms with Crippen LogP contribution < -0.4 is 12.4 Å². The van der Waals surface area contributed by atoms with Crippen molar-refractivity contribution in [3.05, 3.63) is 0 Å². The van der Waals surface area contributed by atoms with Gasteiger partial charge >= 0.3 is 0 Å². The van der Waals surface area contributed by atoms with Gasteiger partial charge in [0.05, 0.1) is 0 Å². The molecule has 0 unspecified atom stereocenters. The Kier molecular flexibility index (Phi) is 10.9. The number of hydrogen-bond donors (Lipinski definition) is 0. The van der Waals surface area contributed by atoms with E-state index in [9.17, 15) is 0 Å². The molecule has 0 radical (unpaired) electrons. The van der Waals surface area contributed by atoms with E-state index in [-0.39, 0.29) is 18.7 Å². The minimum absolute atomic E-state index is 0. The second kappa shape index (κ2) is 8.21. The molecule has 0 atom stereocenters. The zero-order valence-electron chi connectivity index (χ0n) is 6.19. The SMILES string of the molecule is CCOC(C)OCC.[Cl-]. The lowest BCUT2D eigenvalue weighted by atomic mass is 10.7. The molecular weight excluding hydrogens is 140 g/mol. The van der Waals surface area contributed by atoms with Gasteiger partial charge in [0.15, 0.2) is 6.29 Å². The Hall–Kier alpha value is 0.210. The van der Waals surface area contributed by atoms with E-state index in [1.54, 1.807) is 0 Å². The Morgan fingerprint density at radius 1 is 1.11 bits per heavy atom. The third-order valence-electron chi connectivity index (χ3n) is 0.803. The van der Waals surface area contributed by atoms with Crippen molar-refractivity contribution in [1.82, 2.24) is 0 Å². The number of hydrogen-bond acceptors (Lipinski definition) is 2. The van der Waals surface area contributed by atoms with Gasteiger partial charge < -0.3 is 21.9 Å². The maximum Gasteiger partial charge on any atom is 0.154 e. The molecule has 0 amide bonds. The van der Waals surface area contributed by atoms with Crippen LogP contribution in [0.4, 0.5) is 0 Å². The first kappa shape index (κ1) is 11.9. The Labute approximate surface area is 62.9 Å². The van der Waals surface area contributed by atoms with Crippen molar-refractivity contribution in [3.63, 3.8) is 0 Å². The smallest absolute Gasteiger partial charge is 0.154 e. The third-order valence-corrected chi connectivity index (χ3v) is 0.803. The van der Waals surface area contributed by atoms with Gasteiger partial charge in [-0.15, -0.1) is 0 Å². The highest BCUT2D eigenvalue weighted by Crippen LogP contribution is 1.90. The number of rotatable bonds is 4. The van der Waals surface area contributed by atoms with Crippen LogP contribution >= 0.6 is 0 Å². The van der Waals surface area contributed by atoms with Crippen molar-refractivity contribution in [2.45, 2.75) is 27.1 Å². The molecule has 0 aromatic rings. The van der Waals surface area contributed by atoms with Gasteiger partial charge in [-0.25, -0.2) is 0 Å². The predicted octanol–water partition coefficient (Wildman–Crippen LogP) is -1.59. The molecule has 3 heteroatoms. The summed E-state index contributed by atoms with van der Waals surface area (Å²) < 4.78 is 10.1. The summed E-state index contributed by atoms with van der Waals surface area (Å²) in [4.78, 5) is 0. The summed E-state index contributed by atoms with van der Waals surface area (Å²) in [6.07, 6.45) is -0.0370. The largest absolute Gasteiger partial charge is 1.00 e. The van der Waals surface area contributed by atoms with Crippen LogP contribution in [0.5, 0.6) is 0 Å². The molecule has 0 saturated carbocycles. The van der Waals surface area contributed by atoms with Crippen LogP contribution in [-0.2, 0) is 9.47 Å². The highest BCUT2D eigenvalue weighted by atomic mass is 35.5. The van der Waals surface area contributed by atoms with Crippen LogP contribution in [0.3, 0.4) is 0 Å². The lowest BCUT2D eigenvalue weighted by molar-refractivity contribution is -0.123. The first-order valence-electron chi connectivity index (χ1n) is 3.04. The summed E-state index contributed by atoms with van der Waals surface area (Å²) in [5, 5.41) is 0. The van der Waals surface area contributed by atoms with E-state index in [0.29, 0.717) is 0 Å². The van der Waals surface area contributed by atoms with E-state index < -0.39 is 0 Å². The number of ether oxygens (including phenoxy) is 2. The van der Waals surface area contributed by atoms with E-state index in [4.69, 9.17) is 9.47 Å². The van der Waals surface area contributed by atoms with Gasteiger partial charge in [-0.2, -0.15) is 0 Å². The number of halogens is 1. The lowest BCUT2D eigenvalue weighted by Crippen LogP contribution is -3.00. The topological polar surface area (TPSA) is 18.5 Å². The lowest BCUT2D eigenvalue weighted by Gasteiger charge is -2.09. The first-order chi connectivity index (χ1) is 3.81. The van der Waals surface area contributed by atoms with Crippen LogP contribution in [-0.4, -0.2) is 19.5 Å². The van der Waals surface area contributed by atoms with Crippen LogP contribution in [0, 0.1) is 0 Å². The summed E-state index contributed by atoms with van der Waals surface area (Å²) in [6.45, 7) is 7.25. The van der Waals surface area contributed by atoms with Crippen LogP contribution in [0.25, 0.3) is 0 Å². The summed E-state index contributed by atoms with van der Waals surface area (Å²) in [5.41, 5.74) is 0. The molecule has 9 heavy (non-hydrogen) atoms. The molecule has 0 bridgehead atoms. The Balaban J connectivity index is 0. The van der Waals surface area contributed by atoms with Gasteiger partial charge in [0.1, 0.15) is 0 Å². The molecule has 0 rings (SSSR count). The van der Waals surface area contributed by atoms with Crippen LogP contribution in [0.2, 0.25) is 0 Å². The molecule has 0 fully saturated rings. The summed E-state index contributed by atoms with van der Waals surface area (Å²) in [7, 11) is 0. The summed E-state index contributed by atoms with van der Waals surface area (Å²) in [5.74, 6) is 0. The van der Waals surface area contributed by atoms with Gasteiger partial charge in [-0.3, -0.25) is 0 Å². The summed E-state index contributed by atoms with van der Waals surface area (Å²) >= 11 is 0. The molecule has 0 spiro atoms. The second-order valence-electron chi connectivity index (χ2n) is 1.48. The van der Waals surface area contributed by atoms with E-state index in [1.165, 1.54) is 0 Å². The Morgan fingerprint density at radius 3 is 1.67 bits per heavy atom. The summed E-state index contributed by atoms with van der Waals surface area (Å²) in [6, 6.07) is 0. The third kappa shape index (κ3) is 8.21. The van der Waals surface area contributed by atoms with E-state index in [0.717, 1.165) is 13.2 Å². The van der Waals surface area contributed by atoms with Gasteiger partial charge in [0.2, 0.25) is 0 Å². The van der Waals surface area contributed by atoms with Crippen molar-refractivity contribution >= 4 is 0 Å². The molecule has 0 saturated heterocycles. The average Bonchev–Trinajstić information content (AvgIpc) is 1.68. The molecule has 0 N–H and O–H groups in total. The van der Waals surface area contributed by atoms with Gasteiger partial charge in [-0.1, -0.05) is 0 Å². The van der Waals surface area contributed by atoms with Crippen molar-refractivity contribution in [1.29, 1.82) is 0 Å². The zero-order chi connectivity index (χ0) is 6.41. The van der Waals surface area contributed by atoms with Crippen molar-refractivity contribution in [2.24, 2.45) is 0 Å². The predicted molar refractivity (Wildman–Crippen MR) is 32.7 cm³/mol. The Morgan fingerprint density at radius 2 is 1.44 bits per heavy atom. The molecule has 0 heterocycles. The zero-order valence-corrected chi connectivity index (χ0v) is 6.94. The standard InChI is InChI=1S/C6H14O2.ClH/c1-4-7-6(3)8-5-2;/h6H,4-5H2,1-3H3;1H/p-1. The van der Waals surface area contributed by atoms with Gasteiger partial charge in [0.25, 0.3) is 0 Å². The van der Waals surface area contributed by atoms with E-state index in [2.05, 4.69) is 0 Å². The van der Waals surface area contributed by atoms with Crippen LogP contribution in [0.1, 0.15) is 20.8 Å². The molecular formula is C6H14ClO2-. The first-order valence-corrected chi connectivity index (χ1v) is 3.04. The van der Waals surface area contributed by atoms with Gasteiger partial charge in [0, 0.05) is 13.2 Å². The van der Waals surface area contributed by atoms with Crippen molar-refractivity contribution in [2.75, 3.05) is 13.2 Å². The fourth-order valence-corrected chi connectivity index (χ4v) is 0.518. The average molecular weight is 154 g/mol. The van der Waals surface area contributed by atoms with E-state index in [1.807, 2.05) is 20.8 Å². The van der Waals surface area contributed by atoms with Crippen LogP contribution in [0.15, 0.2) is 0 Å². The Bertz CT molecular complexity index is 44.3. The molecule has 0 aliphatic carbocycles. The normalized spacial score (nSPS) is 9.33. The minimum atomic E-state index is -0.0370. The monoisotopic (exact) mass is 153 g/mol. The molecule has 0 aromatic heterocycles. The van der Waals surface area contributed by atoms with Crippen molar-refractivity contribution in [3.8, 4) is 0 Å². The molecule has 0 aliphatic rings. The van der Waals surface area contributed by atoms with Gasteiger partial charge in [-0.05, 0) is 20.8 Å². The fourth-order valence-electron chi connectivity index (χ4n) is 0.518. The molecule has 58 valence electrons. The molecule has 2 nitrogen and oxygen atoms in total. The highest BCUT2D eigenvalue weighted by molar-refractivity contribution is 4.26.